The van der Waals surface area contributed by atoms with Crippen LogP contribution >= 0.6 is 0 Å². The van der Waals surface area contributed by atoms with Crippen LogP contribution in [0.15, 0.2) is 18.2 Å². The molecule has 0 radical (unpaired) electrons. The van der Waals surface area contributed by atoms with Gasteiger partial charge in [-0.15, -0.1) is 12.3 Å². The third-order valence-corrected chi connectivity index (χ3v) is 3.29. The molecule has 17 heavy (non-hydrogen) atoms. The molecule has 92 valence electrons. The molecule has 1 unspecified atom stereocenters. The van der Waals surface area contributed by atoms with Gasteiger partial charge >= 0.3 is 0 Å². The van der Waals surface area contributed by atoms with Crippen molar-refractivity contribution in [1.29, 1.82) is 0 Å². The van der Waals surface area contributed by atoms with Crippen LogP contribution in [0.1, 0.15) is 48.9 Å². The molecule has 0 saturated carbocycles. The minimum Gasteiger partial charge on any atom is -0.310 e. The summed E-state index contributed by atoms with van der Waals surface area (Å²) in [5, 5.41) is 3.56. The molecule has 1 aromatic rings. The summed E-state index contributed by atoms with van der Waals surface area (Å²) < 4.78 is 0. The first-order valence-electron chi connectivity index (χ1n) is 6.43. The number of hydrogen-bond donors (Lipinski definition) is 1. The van der Waals surface area contributed by atoms with Crippen LogP contribution in [0.5, 0.6) is 0 Å². The number of nitrogens with one attached hydrogen (secondary N) is 1. The van der Waals surface area contributed by atoms with Crippen LogP contribution in [0, 0.1) is 26.2 Å². The first kappa shape index (κ1) is 13.8. The monoisotopic (exact) mass is 229 g/mol. The smallest absolute Gasteiger partial charge is 0.0323 e. The van der Waals surface area contributed by atoms with Crippen LogP contribution < -0.4 is 5.32 Å². The van der Waals surface area contributed by atoms with E-state index in [0.29, 0.717) is 6.04 Å². The summed E-state index contributed by atoms with van der Waals surface area (Å²) in [4.78, 5) is 0. The fourth-order valence-corrected chi connectivity index (χ4v) is 2.17. The fourth-order valence-electron chi connectivity index (χ4n) is 2.17. The molecular weight excluding hydrogens is 206 g/mol. The van der Waals surface area contributed by atoms with Crippen LogP contribution in [0.2, 0.25) is 0 Å². The molecule has 0 heterocycles. The van der Waals surface area contributed by atoms with Gasteiger partial charge in [0.2, 0.25) is 0 Å². The van der Waals surface area contributed by atoms with E-state index >= 15 is 0 Å². The van der Waals surface area contributed by atoms with Crippen LogP contribution in [-0.4, -0.2) is 6.54 Å². The average molecular weight is 229 g/mol. The topological polar surface area (TPSA) is 12.0 Å². The van der Waals surface area contributed by atoms with Gasteiger partial charge in [0.1, 0.15) is 0 Å². The molecule has 1 atom stereocenters. The maximum absolute atomic E-state index is 5.31. The quantitative estimate of drug-likeness (QED) is 0.578. The van der Waals surface area contributed by atoms with E-state index in [1.54, 1.807) is 0 Å². The van der Waals surface area contributed by atoms with Gasteiger partial charge in [0.15, 0.2) is 0 Å². The van der Waals surface area contributed by atoms with Crippen LogP contribution in [-0.2, 0) is 0 Å². The molecule has 0 spiro atoms. The normalized spacial score (nSPS) is 12.1. The lowest BCUT2D eigenvalue weighted by Gasteiger charge is -2.21. The maximum Gasteiger partial charge on any atom is 0.0323 e. The Bertz CT molecular complexity index is 387. The van der Waals surface area contributed by atoms with Crippen molar-refractivity contribution in [2.45, 2.75) is 46.1 Å². The van der Waals surface area contributed by atoms with Crippen LogP contribution in [0.4, 0.5) is 0 Å². The van der Waals surface area contributed by atoms with Crippen molar-refractivity contribution < 1.29 is 0 Å². The van der Waals surface area contributed by atoms with Gasteiger partial charge in [-0.3, -0.25) is 0 Å². The Kier molecular flexibility index (Phi) is 5.80. The molecule has 0 bridgehead atoms. The number of rotatable bonds is 6. The Morgan fingerprint density at radius 1 is 1.35 bits per heavy atom. The zero-order valence-electron chi connectivity index (χ0n) is 11.2. The largest absolute Gasteiger partial charge is 0.310 e. The minimum absolute atomic E-state index is 0.438. The molecule has 0 aromatic heterocycles. The number of hydrogen-bond acceptors (Lipinski definition) is 1. The predicted octanol–water partition coefficient (Wildman–Crippen LogP) is 3.76. The van der Waals surface area contributed by atoms with E-state index < -0.39 is 0 Å². The summed E-state index contributed by atoms with van der Waals surface area (Å²) in [5.41, 5.74) is 4.19. The van der Waals surface area contributed by atoms with Crippen molar-refractivity contribution in [3.63, 3.8) is 0 Å². The summed E-state index contributed by atoms with van der Waals surface area (Å²) in [6.45, 7) is 7.52. The van der Waals surface area contributed by atoms with Gasteiger partial charge in [0.05, 0.1) is 0 Å². The Morgan fingerprint density at radius 2 is 2.12 bits per heavy atom. The molecule has 0 saturated heterocycles. The highest BCUT2D eigenvalue weighted by Crippen LogP contribution is 2.24. The van der Waals surface area contributed by atoms with Crippen molar-refractivity contribution in [1.82, 2.24) is 5.32 Å². The molecule has 1 aromatic carbocycles. The van der Waals surface area contributed by atoms with Gasteiger partial charge in [-0.2, -0.15) is 0 Å². The molecular formula is C16H23N. The third-order valence-electron chi connectivity index (χ3n) is 3.29. The number of aryl methyl sites for hydroxylation is 1. The van der Waals surface area contributed by atoms with Crippen molar-refractivity contribution in [3.8, 4) is 12.3 Å². The van der Waals surface area contributed by atoms with Gasteiger partial charge in [0.25, 0.3) is 0 Å². The van der Waals surface area contributed by atoms with E-state index in [-0.39, 0.29) is 0 Å². The van der Waals surface area contributed by atoms with E-state index in [4.69, 9.17) is 6.42 Å². The van der Waals surface area contributed by atoms with Crippen molar-refractivity contribution in [2.75, 3.05) is 6.54 Å². The molecule has 1 heteroatoms. The number of unbranched alkanes of at least 4 members (excludes halogenated alkanes) is 1. The molecule has 0 amide bonds. The first-order valence-corrected chi connectivity index (χ1v) is 6.43. The Balaban J connectivity index is 2.82. The van der Waals surface area contributed by atoms with Crippen molar-refractivity contribution in [3.05, 3.63) is 34.9 Å². The summed E-state index contributed by atoms with van der Waals surface area (Å²) in [7, 11) is 0. The van der Waals surface area contributed by atoms with Crippen molar-refractivity contribution >= 4 is 0 Å². The Morgan fingerprint density at radius 3 is 2.76 bits per heavy atom. The lowest BCUT2D eigenvalue weighted by molar-refractivity contribution is 0.499. The fraction of sp³-hybridized carbons (Fsp3) is 0.500. The van der Waals surface area contributed by atoms with E-state index in [9.17, 15) is 0 Å². The standard InChI is InChI=1S/C16H23N/c1-5-7-8-12-16(17-6-2)15-11-9-10-13(3)14(15)4/h1,9-11,16-17H,6-8,12H2,2-4H3. The maximum atomic E-state index is 5.31. The van der Waals surface area contributed by atoms with Crippen molar-refractivity contribution in [2.24, 2.45) is 0 Å². The minimum atomic E-state index is 0.438. The second kappa shape index (κ2) is 7.14. The van der Waals surface area contributed by atoms with Gasteiger partial charge in [-0.25, -0.2) is 0 Å². The summed E-state index contributed by atoms with van der Waals surface area (Å²) in [6.07, 6.45) is 8.38. The molecule has 1 N–H and O–H groups in total. The lowest BCUT2D eigenvalue weighted by atomic mass is 9.94. The number of terminal acetylenes is 1. The van der Waals surface area contributed by atoms with E-state index in [1.165, 1.54) is 16.7 Å². The highest BCUT2D eigenvalue weighted by Gasteiger charge is 2.12. The number of benzene rings is 1. The summed E-state index contributed by atoms with van der Waals surface area (Å²) >= 11 is 0. The van der Waals surface area contributed by atoms with Gasteiger partial charge in [-0.1, -0.05) is 25.1 Å². The SMILES string of the molecule is C#CCCCC(NCC)c1cccc(C)c1C. The van der Waals surface area contributed by atoms with Crippen LogP contribution in [0.3, 0.4) is 0 Å². The molecule has 1 nitrogen and oxygen atoms in total. The lowest BCUT2D eigenvalue weighted by Crippen LogP contribution is -2.21. The van der Waals surface area contributed by atoms with Gasteiger partial charge in [0, 0.05) is 12.5 Å². The van der Waals surface area contributed by atoms with E-state index in [1.807, 2.05) is 0 Å². The van der Waals surface area contributed by atoms with Gasteiger partial charge in [-0.05, 0) is 49.9 Å². The molecule has 0 aliphatic heterocycles. The van der Waals surface area contributed by atoms with E-state index in [0.717, 1.165) is 25.8 Å². The predicted molar refractivity (Wildman–Crippen MR) is 75.0 cm³/mol. The molecule has 0 aliphatic carbocycles. The highest BCUT2D eigenvalue weighted by atomic mass is 14.9. The third kappa shape index (κ3) is 3.91. The second-order valence-corrected chi connectivity index (χ2v) is 4.50. The molecule has 0 fully saturated rings. The zero-order chi connectivity index (χ0) is 12.7. The highest BCUT2D eigenvalue weighted by molar-refractivity contribution is 5.35. The van der Waals surface area contributed by atoms with E-state index in [2.05, 4.69) is 50.2 Å². The zero-order valence-corrected chi connectivity index (χ0v) is 11.2. The Hall–Kier alpha value is -1.26. The second-order valence-electron chi connectivity index (χ2n) is 4.50. The molecule has 0 aliphatic rings. The van der Waals surface area contributed by atoms with Gasteiger partial charge < -0.3 is 5.32 Å². The Labute approximate surface area is 106 Å². The van der Waals surface area contributed by atoms with Crippen LogP contribution in [0.25, 0.3) is 0 Å². The molecule has 1 rings (SSSR count). The first-order chi connectivity index (χ1) is 8.20. The summed E-state index contributed by atoms with van der Waals surface area (Å²) in [5.74, 6) is 2.71. The average Bonchev–Trinajstić information content (AvgIpc) is 2.32. The summed E-state index contributed by atoms with van der Waals surface area (Å²) in [6, 6.07) is 6.98.